The van der Waals surface area contributed by atoms with Crippen LogP contribution < -0.4 is 4.74 Å². The predicted octanol–water partition coefficient (Wildman–Crippen LogP) is 2.34. The summed E-state index contributed by atoms with van der Waals surface area (Å²) >= 11 is 0. The molecule has 0 aliphatic heterocycles. The van der Waals surface area contributed by atoms with E-state index in [1.54, 1.807) is 7.11 Å². The highest BCUT2D eigenvalue weighted by Crippen LogP contribution is 2.31. The number of hydrogen-bond acceptors (Lipinski definition) is 3. The minimum absolute atomic E-state index is 0.428. The van der Waals surface area contributed by atoms with Crippen molar-refractivity contribution in [1.82, 2.24) is 0 Å². The minimum atomic E-state index is -0.714. The fourth-order valence-electron chi connectivity index (χ4n) is 2.48. The molecule has 0 heterocycles. The van der Waals surface area contributed by atoms with Gasteiger partial charge in [-0.15, -0.1) is 0 Å². The van der Waals surface area contributed by atoms with Gasteiger partial charge >= 0.3 is 0 Å². The molecule has 2 rings (SSSR count). The first kappa shape index (κ1) is 13.4. The molecule has 0 amide bonds. The van der Waals surface area contributed by atoms with Crippen LogP contribution in [0.15, 0.2) is 18.2 Å². The molecule has 0 saturated heterocycles. The number of hydrogen-bond donors (Lipinski definition) is 1. The van der Waals surface area contributed by atoms with Crippen LogP contribution in [0.1, 0.15) is 30.9 Å². The third-order valence-corrected chi connectivity index (χ3v) is 3.51. The molecule has 0 aromatic heterocycles. The van der Waals surface area contributed by atoms with Crippen LogP contribution in [0.2, 0.25) is 0 Å². The summed E-state index contributed by atoms with van der Waals surface area (Å²) < 4.78 is 10.7. The number of aryl methyl sites for hydroxylation is 1. The van der Waals surface area contributed by atoms with E-state index in [0.717, 1.165) is 25.0 Å². The highest BCUT2D eigenvalue weighted by molar-refractivity contribution is 5.38. The second-order valence-electron chi connectivity index (χ2n) is 5.09. The summed E-state index contributed by atoms with van der Waals surface area (Å²) in [6, 6.07) is 6.11. The quantitative estimate of drug-likeness (QED) is 0.815. The third kappa shape index (κ3) is 3.03. The van der Waals surface area contributed by atoms with Crippen LogP contribution in [0, 0.1) is 0 Å². The van der Waals surface area contributed by atoms with E-state index in [1.807, 2.05) is 12.1 Å². The average Bonchev–Trinajstić information content (AvgIpc) is 2.38. The van der Waals surface area contributed by atoms with Crippen molar-refractivity contribution in [3.8, 4) is 5.75 Å². The number of fused-ring (bicyclic) bond motifs is 1. The third-order valence-electron chi connectivity index (χ3n) is 3.51. The van der Waals surface area contributed by atoms with Gasteiger partial charge in [-0.3, -0.25) is 0 Å². The molecule has 0 radical (unpaired) electrons. The molecule has 0 fully saturated rings. The van der Waals surface area contributed by atoms with E-state index in [-0.39, 0.29) is 0 Å². The zero-order valence-electron chi connectivity index (χ0n) is 11.2. The molecule has 1 aliphatic carbocycles. The van der Waals surface area contributed by atoms with Gasteiger partial charge in [0, 0.05) is 13.0 Å². The molecule has 0 bridgehead atoms. The van der Waals surface area contributed by atoms with Gasteiger partial charge in [-0.05, 0) is 42.5 Å². The summed E-state index contributed by atoms with van der Waals surface area (Å²) in [5, 5.41) is 10.5. The summed E-state index contributed by atoms with van der Waals surface area (Å²) in [6.07, 6.45) is 3.32. The lowest BCUT2D eigenvalue weighted by atomic mass is 9.81. The molecule has 0 spiro atoms. The SMILES string of the molecule is CCCOCC1(O)CCc2ccc(OC)cc2C1. The molecule has 1 N–H and O–H groups in total. The molecule has 1 aromatic rings. The van der Waals surface area contributed by atoms with Crippen molar-refractivity contribution in [2.75, 3.05) is 20.3 Å². The Hall–Kier alpha value is -1.06. The van der Waals surface area contributed by atoms with E-state index in [1.165, 1.54) is 11.1 Å². The van der Waals surface area contributed by atoms with Crippen LogP contribution >= 0.6 is 0 Å². The van der Waals surface area contributed by atoms with Gasteiger partial charge in [-0.2, -0.15) is 0 Å². The molecule has 100 valence electrons. The number of rotatable bonds is 5. The maximum Gasteiger partial charge on any atom is 0.119 e. The van der Waals surface area contributed by atoms with Crippen LogP contribution in [0.5, 0.6) is 5.75 Å². The Morgan fingerprint density at radius 2 is 2.17 bits per heavy atom. The second kappa shape index (κ2) is 5.72. The minimum Gasteiger partial charge on any atom is -0.497 e. The van der Waals surface area contributed by atoms with Crippen LogP contribution in [-0.4, -0.2) is 31.0 Å². The Labute approximate surface area is 109 Å². The van der Waals surface area contributed by atoms with Crippen molar-refractivity contribution in [2.24, 2.45) is 0 Å². The maximum atomic E-state index is 10.5. The summed E-state index contributed by atoms with van der Waals surface area (Å²) in [6.45, 7) is 3.22. The van der Waals surface area contributed by atoms with Crippen molar-refractivity contribution < 1.29 is 14.6 Å². The number of benzene rings is 1. The van der Waals surface area contributed by atoms with Gasteiger partial charge in [0.15, 0.2) is 0 Å². The first-order valence-corrected chi connectivity index (χ1v) is 6.63. The van der Waals surface area contributed by atoms with E-state index in [0.29, 0.717) is 19.6 Å². The monoisotopic (exact) mass is 250 g/mol. The fraction of sp³-hybridized carbons (Fsp3) is 0.600. The maximum absolute atomic E-state index is 10.5. The van der Waals surface area contributed by atoms with Crippen molar-refractivity contribution in [1.29, 1.82) is 0 Å². The first-order chi connectivity index (χ1) is 8.67. The summed E-state index contributed by atoms with van der Waals surface area (Å²) in [4.78, 5) is 0. The number of aliphatic hydroxyl groups is 1. The normalized spacial score (nSPS) is 22.6. The molecule has 1 unspecified atom stereocenters. The lowest BCUT2D eigenvalue weighted by Crippen LogP contribution is -2.40. The van der Waals surface area contributed by atoms with Gasteiger partial charge in [0.1, 0.15) is 5.75 Å². The second-order valence-corrected chi connectivity index (χ2v) is 5.09. The van der Waals surface area contributed by atoms with Gasteiger partial charge in [0.05, 0.1) is 19.3 Å². The van der Waals surface area contributed by atoms with Crippen LogP contribution in [0.25, 0.3) is 0 Å². The lowest BCUT2D eigenvalue weighted by molar-refractivity contribution is -0.0544. The smallest absolute Gasteiger partial charge is 0.119 e. The summed E-state index contributed by atoms with van der Waals surface area (Å²) in [7, 11) is 1.67. The topological polar surface area (TPSA) is 38.7 Å². The highest BCUT2D eigenvalue weighted by atomic mass is 16.5. The fourth-order valence-corrected chi connectivity index (χ4v) is 2.48. The molecule has 18 heavy (non-hydrogen) atoms. The first-order valence-electron chi connectivity index (χ1n) is 6.63. The zero-order valence-corrected chi connectivity index (χ0v) is 11.2. The molecule has 3 nitrogen and oxygen atoms in total. The van der Waals surface area contributed by atoms with E-state index in [2.05, 4.69) is 13.0 Å². The van der Waals surface area contributed by atoms with E-state index in [4.69, 9.17) is 9.47 Å². The number of methoxy groups -OCH3 is 1. The van der Waals surface area contributed by atoms with Gasteiger partial charge in [-0.1, -0.05) is 13.0 Å². The van der Waals surface area contributed by atoms with E-state index >= 15 is 0 Å². The van der Waals surface area contributed by atoms with Crippen molar-refractivity contribution >= 4 is 0 Å². The largest absolute Gasteiger partial charge is 0.497 e. The van der Waals surface area contributed by atoms with Crippen molar-refractivity contribution in [3.63, 3.8) is 0 Å². The van der Waals surface area contributed by atoms with Crippen molar-refractivity contribution in [2.45, 2.75) is 38.2 Å². The molecular weight excluding hydrogens is 228 g/mol. The molecule has 1 atom stereocenters. The van der Waals surface area contributed by atoms with E-state index in [9.17, 15) is 5.11 Å². The Bertz CT molecular complexity index is 403. The Morgan fingerprint density at radius 1 is 1.33 bits per heavy atom. The number of ether oxygens (including phenoxy) is 2. The lowest BCUT2D eigenvalue weighted by Gasteiger charge is -2.33. The standard InChI is InChI=1S/C15H22O3/c1-3-8-18-11-15(16)7-6-12-4-5-14(17-2)9-13(12)10-15/h4-5,9,16H,3,6-8,10-11H2,1-2H3. The highest BCUT2D eigenvalue weighted by Gasteiger charge is 2.32. The van der Waals surface area contributed by atoms with Gasteiger partial charge in [0.25, 0.3) is 0 Å². The zero-order chi connectivity index (χ0) is 13.0. The Balaban J connectivity index is 2.07. The van der Waals surface area contributed by atoms with Crippen LogP contribution in [0.3, 0.4) is 0 Å². The van der Waals surface area contributed by atoms with E-state index < -0.39 is 5.60 Å². The summed E-state index contributed by atoms with van der Waals surface area (Å²) in [5.41, 5.74) is 1.79. The summed E-state index contributed by atoms with van der Waals surface area (Å²) in [5.74, 6) is 0.854. The van der Waals surface area contributed by atoms with Crippen LogP contribution in [-0.2, 0) is 17.6 Å². The Kier molecular flexibility index (Phi) is 4.25. The van der Waals surface area contributed by atoms with Crippen molar-refractivity contribution in [3.05, 3.63) is 29.3 Å². The van der Waals surface area contributed by atoms with Gasteiger partial charge in [0.2, 0.25) is 0 Å². The molecule has 1 aliphatic rings. The molecule has 0 saturated carbocycles. The average molecular weight is 250 g/mol. The van der Waals surface area contributed by atoms with Gasteiger partial charge < -0.3 is 14.6 Å². The molecule has 3 heteroatoms. The van der Waals surface area contributed by atoms with Gasteiger partial charge in [-0.25, -0.2) is 0 Å². The Morgan fingerprint density at radius 3 is 2.89 bits per heavy atom. The van der Waals surface area contributed by atoms with Crippen LogP contribution in [0.4, 0.5) is 0 Å². The molecule has 1 aromatic carbocycles. The molecular formula is C15H22O3. The predicted molar refractivity (Wildman–Crippen MR) is 71.1 cm³/mol.